The van der Waals surface area contributed by atoms with Gasteiger partial charge in [0.1, 0.15) is 23.3 Å². The van der Waals surface area contributed by atoms with Gasteiger partial charge in [-0.1, -0.05) is 0 Å². The van der Waals surface area contributed by atoms with Crippen LogP contribution >= 0.6 is 0 Å². The van der Waals surface area contributed by atoms with Crippen LogP contribution in [0, 0.1) is 23.0 Å². The molecule has 0 saturated carbocycles. The third-order valence-corrected chi connectivity index (χ3v) is 1.13. The fourth-order valence-corrected chi connectivity index (χ4v) is 0.657. The molecule has 1 aromatic rings. The zero-order chi connectivity index (χ0) is 8.43. The van der Waals surface area contributed by atoms with Crippen LogP contribution in [0.1, 0.15) is 5.56 Å². The minimum absolute atomic E-state index is 0. The third kappa shape index (κ3) is 2.50. The summed E-state index contributed by atoms with van der Waals surface area (Å²) in [6, 6.07) is 2.44. The maximum absolute atomic E-state index is 12.4. The van der Waals surface area contributed by atoms with Crippen LogP contribution in [0.25, 0.3) is 0 Å². The van der Waals surface area contributed by atoms with Gasteiger partial charge in [0.15, 0.2) is 0 Å². The Labute approximate surface area is 110 Å². The topological polar surface area (TPSA) is 46.8 Å². The molecule has 0 spiro atoms. The average Bonchev–Trinajstić information content (AvgIpc) is 1.85. The minimum Gasteiger partial charge on any atom is -0.872 e. The van der Waals surface area contributed by atoms with E-state index in [1.165, 1.54) is 6.07 Å². The third-order valence-electron chi connectivity index (χ3n) is 1.13. The molecule has 12 heavy (non-hydrogen) atoms. The summed E-state index contributed by atoms with van der Waals surface area (Å²) in [5, 5.41) is 18.5. The van der Waals surface area contributed by atoms with Gasteiger partial charge in [-0.05, 0) is 12.1 Å². The Morgan fingerprint density at radius 3 is 2.00 bits per heavy atom. The fraction of sp³-hybridized carbons (Fsp3) is 0. The van der Waals surface area contributed by atoms with Crippen molar-refractivity contribution in [2.75, 3.05) is 0 Å². The fourth-order valence-electron chi connectivity index (χ4n) is 0.657. The molecule has 0 heterocycles. The number of benzene rings is 1. The van der Waals surface area contributed by atoms with Crippen molar-refractivity contribution in [2.24, 2.45) is 0 Å². The average molecular weight is 193 g/mol. The second kappa shape index (κ2) is 4.89. The quantitative estimate of drug-likeness (QED) is 0.444. The summed E-state index contributed by atoms with van der Waals surface area (Å²) >= 11 is 0. The first-order chi connectivity index (χ1) is 5.15. The van der Waals surface area contributed by atoms with Crippen LogP contribution < -0.4 is 56.5 Å². The van der Waals surface area contributed by atoms with Crippen molar-refractivity contribution in [3.05, 3.63) is 29.3 Å². The van der Waals surface area contributed by atoms with Gasteiger partial charge in [-0.25, -0.2) is 8.78 Å². The number of rotatable bonds is 0. The van der Waals surface area contributed by atoms with Crippen molar-refractivity contribution in [2.45, 2.75) is 0 Å². The molecule has 0 aliphatic rings. The molecule has 0 aromatic heterocycles. The molecule has 0 unspecified atom stereocenters. The molecule has 0 radical (unpaired) electrons. The van der Waals surface area contributed by atoms with E-state index in [1.54, 1.807) is 0 Å². The largest absolute Gasteiger partial charge is 1.00 e. The Morgan fingerprint density at radius 1 is 1.25 bits per heavy atom. The first-order valence-corrected chi connectivity index (χ1v) is 2.71. The number of nitrogens with zero attached hydrogens (tertiary/aromatic N) is 1. The Morgan fingerprint density at radius 2 is 1.67 bits per heavy atom. The molecule has 2 nitrogen and oxygen atoms in total. The van der Waals surface area contributed by atoms with E-state index in [0.29, 0.717) is 12.1 Å². The molecule has 56 valence electrons. The molecule has 1 aromatic carbocycles. The van der Waals surface area contributed by atoms with Gasteiger partial charge >= 0.3 is 51.4 Å². The second-order valence-corrected chi connectivity index (χ2v) is 1.87. The van der Waals surface area contributed by atoms with Crippen LogP contribution in [0.4, 0.5) is 8.78 Å². The van der Waals surface area contributed by atoms with Gasteiger partial charge in [0.05, 0.1) is 0 Å². The monoisotopic (exact) mass is 193 g/mol. The van der Waals surface area contributed by atoms with E-state index in [-0.39, 0.29) is 51.4 Å². The van der Waals surface area contributed by atoms with Crippen LogP contribution in [-0.4, -0.2) is 0 Å². The molecule has 0 atom stereocenters. The van der Waals surface area contributed by atoms with Crippen LogP contribution in [0.5, 0.6) is 5.75 Å². The predicted molar refractivity (Wildman–Crippen MR) is 30.5 cm³/mol. The van der Waals surface area contributed by atoms with E-state index >= 15 is 0 Å². The molecule has 1 rings (SSSR count). The number of halogens is 2. The summed E-state index contributed by atoms with van der Waals surface area (Å²) in [7, 11) is 0. The van der Waals surface area contributed by atoms with E-state index in [0.717, 1.165) is 0 Å². The summed E-state index contributed by atoms with van der Waals surface area (Å²) in [4.78, 5) is 0. The summed E-state index contributed by atoms with van der Waals surface area (Å²) in [5.74, 6) is -3.01. The molecule has 0 aliphatic heterocycles. The molecule has 0 amide bonds. The van der Waals surface area contributed by atoms with Gasteiger partial charge in [0.25, 0.3) is 0 Å². The molecular weight excluding hydrogens is 191 g/mol. The van der Waals surface area contributed by atoms with Crippen molar-refractivity contribution in [3.63, 3.8) is 0 Å². The Bertz CT molecular complexity index is 312. The number of nitriles is 1. The summed E-state index contributed by atoms with van der Waals surface area (Å²) < 4.78 is 24.9. The summed E-state index contributed by atoms with van der Waals surface area (Å²) in [5.41, 5.74) is -0.718. The zero-order valence-electron chi connectivity index (χ0n) is 6.27. The van der Waals surface area contributed by atoms with Crippen molar-refractivity contribution in [1.29, 1.82) is 5.26 Å². The Hall–Kier alpha value is 0.00636. The number of hydrogen-bond donors (Lipinski definition) is 0. The van der Waals surface area contributed by atoms with E-state index in [9.17, 15) is 13.9 Å². The number of hydrogen-bond acceptors (Lipinski definition) is 2. The van der Waals surface area contributed by atoms with Crippen molar-refractivity contribution in [3.8, 4) is 11.8 Å². The second-order valence-electron chi connectivity index (χ2n) is 1.87. The smallest absolute Gasteiger partial charge is 0.872 e. The SMILES string of the molecule is N#Cc1c(F)cc([O-])cc1F.[K+]. The van der Waals surface area contributed by atoms with Crippen LogP contribution in [0.2, 0.25) is 0 Å². The molecule has 0 fully saturated rings. The van der Waals surface area contributed by atoms with Gasteiger partial charge in [-0.2, -0.15) is 5.26 Å². The first kappa shape index (κ1) is 12.0. The van der Waals surface area contributed by atoms with Crippen molar-refractivity contribution >= 4 is 0 Å². The minimum atomic E-state index is -1.11. The van der Waals surface area contributed by atoms with E-state index in [4.69, 9.17) is 5.26 Å². The first-order valence-electron chi connectivity index (χ1n) is 2.71. The van der Waals surface area contributed by atoms with E-state index < -0.39 is 22.9 Å². The maximum atomic E-state index is 12.4. The van der Waals surface area contributed by atoms with Crippen LogP contribution in [-0.2, 0) is 0 Å². The van der Waals surface area contributed by atoms with Gasteiger partial charge in [0.2, 0.25) is 0 Å². The normalized spacial score (nSPS) is 8.42. The van der Waals surface area contributed by atoms with Gasteiger partial charge in [-0.3, -0.25) is 0 Å². The maximum Gasteiger partial charge on any atom is 1.00 e. The van der Waals surface area contributed by atoms with Gasteiger partial charge < -0.3 is 5.11 Å². The van der Waals surface area contributed by atoms with Crippen molar-refractivity contribution < 1.29 is 65.3 Å². The Kier molecular flexibility index (Phi) is 4.90. The van der Waals surface area contributed by atoms with Gasteiger partial charge in [0, 0.05) is 0 Å². The molecule has 0 N–H and O–H groups in total. The molecule has 0 saturated heterocycles. The summed E-state index contributed by atoms with van der Waals surface area (Å²) in [6.45, 7) is 0. The molecule has 0 bridgehead atoms. The van der Waals surface area contributed by atoms with E-state index in [2.05, 4.69) is 0 Å². The summed E-state index contributed by atoms with van der Waals surface area (Å²) in [6.07, 6.45) is 0. The van der Waals surface area contributed by atoms with Crippen LogP contribution in [0.15, 0.2) is 12.1 Å². The standard InChI is InChI=1S/C7H3F2NO.K/c8-6-1-4(11)2-7(9)5(6)3-10;/h1-2,11H;/q;+1/p-1. The predicted octanol–water partition coefficient (Wildman–Crippen LogP) is -2.09. The van der Waals surface area contributed by atoms with Crippen LogP contribution in [0.3, 0.4) is 0 Å². The van der Waals surface area contributed by atoms with Crippen molar-refractivity contribution in [1.82, 2.24) is 0 Å². The van der Waals surface area contributed by atoms with E-state index in [1.807, 2.05) is 0 Å². The zero-order valence-corrected chi connectivity index (χ0v) is 9.39. The van der Waals surface area contributed by atoms with Gasteiger partial charge in [-0.15, -0.1) is 5.75 Å². The Balaban J connectivity index is 0.00000121. The molecular formula is C7H2F2KNO. The molecule has 5 heteroatoms. The molecule has 0 aliphatic carbocycles.